The Kier molecular flexibility index (Phi) is 3.46. The van der Waals surface area contributed by atoms with Gasteiger partial charge in [0.25, 0.3) is 0 Å². The summed E-state index contributed by atoms with van der Waals surface area (Å²) in [6.45, 7) is 3.77. The average Bonchev–Trinajstić information content (AvgIpc) is 2.05. The van der Waals surface area contributed by atoms with Gasteiger partial charge in [-0.05, 0) is 6.92 Å². The highest BCUT2D eigenvalue weighted by atomic mass is 16.5. The number of rotatable bonds is 3. The number of ether oxygens (including phenoxy) is 1. The lowest BCUT2D eigenvalue weighted by molar-refractivity contribution is -0.145. The summed E-state index contributed by atoms with van der Waals surface area (Å²) in [6.07, 6.45) is -0.402. The minimum absolute atomic E-state index is 0.402. The molecular formula is C7H14N2O3. The first-order valence-corrected chi connectivity index (χ1v) is 4.07. The second kappa shape index (κ2) is 4.39. The smallest absolute Gasteiger partial charge is 0.324 e. The minimum atomic E-state index is -0.874. The third-order valence-electron chi connectivity index (χ3n) is 1.75. The molecule has 0 radical (unpaired) electrons. The van der Waals surface area contributed by atoms with E-state index in [4.69, 9.17) is 9.84 Å². The van der Waals surface area contributed by atoms with Gasteiger partial charge in [0.2, 0.25) is 0 Å². The van der Waals surface area contributed by atoms with Crippen molar-refractivity contribution >= 4 is 5.97 Å². The van der Waals surface area contributed by atoms with E-state index in [1.165, 1.54) is 0 Å². The molecule has 1 aliphatic rings. The Bertz CT molecular complexity index is 161. The predicted octanol–water partition coefficient (Wildman–Crippen LogP) is -1.00. The second-order valence-corrected chi connectivity index (χ2v) is 2.60. The van der Waals surface area contributed by atoms with Crippen molar-refractivity contribution in [3.63, 3.8) is 0 Å². The molecule has 0 aromatic heterocycles. The van der Waals surface area contributed by atoms with Crippen LogP contribution in [0, 0.1) is 0 Å². The van der Waals surface area contributed by atoms with Gasteiger partial charge in [0.05, 0.1) is 0 Å². The lowest BCUT2D eigenvalue weighted by atomic mass is 10.2. The molecule has 3 N–H and O–H groups in total. The van der Waals surface area contributed by atoms with Gasteiger partial charge >= 0.3 is 5.97 Å². The third-order valence-corrected chi connectivity index (χ3v) is 1.75. The summed E-state index contributed by atoms with van der Waals surface area (Å²) < 4.78 is 5.20. The van der Waals surface area contributed by atoms with E-state index >= 15 is 0 Å². The van der Waals surface area contributed by atoms with Crippen molar-refractivity contribution in [1.82, 2.24) is 10.6 Å². The van der Waals surface area contributed by atoms with Crippen molar-refractivity contribution in [2.24, 2.45) is 0 Å². The molecule has 0 bridgehead atoms. The molecule has 70 valence electrons. The molecule has 5 heteroatoms. The Labute approximate surface area is 71.1 Å². The topological polar surface area (TPSA) is 70.6 Å². The summed E-state index contributed by atoms with van der Waals surface area (Å²) >= 11 is 0. The number of aliphatic carboxylic acids is 1. The van der Waals surface area contributed by atoms with Crippen molar-refractivity contribution in [3.8, 4) is 0 Å². The van der Waals surface area contributed by atoms with Gasteiger partial charge in [-0.1, -0.05) is 0 Å². The van der Waals surface area contributed by atoms with Gasteiger partial charge in [0.1, 0.15) is 12.3 Å². The van der Waals surface area contributed by atoms with Gasteiger partial charge in [0.15, 0.2) is 0 Å². The summed E-state index contributed by atoms with van der Waals surface area (Å²) in [7, 11) is 0. The quantitative estimate of drug-likeness (QED) is 0.511. The summed E-state index contributed by atoms with van der Waals surface area (Å²) in [4.78, 5) is 10.7. The molecule has 0 aromatic rings. The Morgan fingerprint density at radius 1 is 1.58 bits per heavy atom. The van der Waals surface area contributed by atoms with Crippen LogP contribution < -0.4 is 10.6 Å². The predicted molar refractivity (Wildman–Crippen MR) is 42.8 cm³/mol. The van der Waals surface area contributed by atoms with Crippen LogP contribution in [-0.2, 0) is 9.53 Å². The SMILES string of the molecule is CCOC1NCCNC1C(=O)O. The zero-order valence-electron chi connectivity index (χ0n) is 7.04. The highest BCUT2D eigenvalue weighted by molar-refractivity contribution is 5.74. The zero-order valence-corrected chi connectivity index (χ0v) is 7.04. The van der Waals surface area contributed by atoms with Crippen LogP contribution in [0.25, 0.3) is 0 Å². The first kappa shape index (κ1) is 9.44. The zero-order chi connectivity index (χ0) is 8.97. The maximum Gasteiger partial charge on any atom is 0.324 e. The summed E-state index contributed by atoms with van der Waals surface area (Å²) in [6, 6.07) is -0.626. The Morgan fingerprint density at radius 2 is 2.25 bits per heavy atom. The van der Waals surface area contributed by atoms with Gasteiger partial charge in [-0.2, -0.15) is 0 Å². The van der Waals surface area contributed by atoms with E-state index in [1.807, 2.05) is 6.92 Å². The van der Waals surface area contributed by atoms with E-state index in [2.05, 4.69) is 10.6 Å². The number of piperazine rings is 1. The molecule has 0 amide bonds. The van der Waals surface area contributed by atoms with E-state index in [0.29, 0.717) is 13.2 Å². The maximum atomic E-state index is 10.7. The largest absolute Gasteiger partial charge is 0.480 e. The summed E-state index contributed by atoms with van der Waals surface area (Å²) in [5.41, 5.74) is 0. The molecule has 1 aliphatic heterocycles. The second-order valence-electron chi connectivity index (χ2n) is 2.60. The fourth-order valence-electron chi connectivity index (χ4n) is 1.22. The fraction of sp³-hybridized carbons (Fsp3) is 0.857. The number of carbonyl (C=O) groups is 1. The fourth-order valence-corrected chi connectivity index (χ4v) is 1.22. The summed E-state index contributed by atoms with van der Waals surface area (Å²) in [5, 5.41) is 14.6. The van der Waals surface area contributed by atoms with Gasteiger partial charge < -0.3 is 9.84 Å². The van der Waals surface area contributed by atoms with Gasteiger partial charge in [-0.25, -0.2) is 0 Å². The van der Waals surface area contributed by atoms with E-state index in [1.54, 1.807) is 0 Å². The average molecular weight is 174 g/mol. The van der Waals surface area contributed by atoms with Crippen LogP contribution in [0.15, 0.2) is 0 Å². The number of carboxylic acids is 1. The molecule has 0 aliphatic carbocycles. The van der Waals surface area contributed by atoms with Gasteiger partial charge in [-0.3, -0.25) is 15.4 Å². The molecule has 2 unspecified atom stereocenters. The number of hydrogen-bond donors (Lipinski definition) is 3. The standard InChI is InChI=1S/C7H14N2O3/c1-2-12-6-5(7(10)11)8-3-4-9-6/h5-6,8-9H,2-4H2,1H3,(H,10,11). The number of carboxylic acid groups (broad SMARTS) is 1. The first-order chi connectivity index (χ1) is 5.75. The molecule has 1 rings (SSSR count). The molecule has 5 nitrogen and oxygen atoms in total. The number of nitrogens with one attached hydrogen (secondary N) is 2. The molecule has 0 aromatic carbocycles. The molecule has 2 atom stereocenters. The van der Waals surface area contributed by atoms with Crippen LogP contribution in [0.3, 0.4) is 0 Å². The van der Waals surface area contributed by atoms with Crippen molar-refractivity contribution in [2.45, 2.75) is 19.2 Å². The molecular weight excluding hydrogens is 160 g/mol. The van der Waals surface area contributed by atoms with Crippen molar-refractivity contribution < 1.29 is 14.6 Å². The van der Waals surface area contributed by atoms with Crippen LogP contribution in [0.2, 0.25) is 0 Å². The van der Waals surface area contributed by atoms with Crippen LogP contribution in [0.4, 0.5) is 0 Å². The monoisotopic (exact) mass is 174 g/mol. The minimum Gasteiger partial charge on any atom is -0.480 e. The third kappa shape index (κ3) is 2.17. The maximum absolute atomic E-state index is 10.7. The molecule has 1 fully saturated rings. The first-order valence-electron chi connectivity index (χ1n) is 4.07. The van der Waals surface area contributed by atoms with Crippen molar-refractivity contribution in [3.05, 3.63) is 0 Å². The van der Waals surface area contributed by atoms with Crippen molar-refractivity contribution in [2.75, 3.05) is 19.7 Å². The van der Waals surface area contributed by atoms with Gasteiger partial charge in [-0.15, -0.1) is 0 Å². The number of hydrogen-bond acceptors (Lipinski definition) is 4. The molecule has 0 spiro atoms. The Morgan fingerprint density at radius 3 is 2.83 bits per heavy atom. The highest BCUT2D eigenvalue weighted by Gasteiger charge is 2.30. The highest BCUT2D eigenvalue weighted by Crippen LogP contribution is 2.00. The van der Waals surface area contributed by atoms with Crippen LogP contribution >= 0.6 is 0 Å². The van der Waals surface area contributed by atoms with E-state index in [9.17, 15) is 4.79 Å². The van der Waals surface area contributed by atoms with E-state index in [0.717, 1.165) is 6.54 Å². The van der Waals surface area contributed by atoms with Gasteiger partial charge in [0, 0.05) is 19.7 Å². The van der Waals surface area contributed by atoms with Crippen LogP contribution in [-0.4, -0.2) is 43.0 Å². The molecule has 1 saturated heterocycles. The molecule has 12 heavy (non-hydrogen) atoms. The Balaban J connectivity index is 2.48. The van der Waals surface area contributed by atoms with Crippen LogP contribution in [0.1, 0.15) is 6.92 Å². The van der Waals surface area contributed by atoms with Crippen LogP contribution in [0.5, 0.6) is 0 Å². The Hall–Kier alpha value is -0.650. The molecule has 0 saturated carbocycles. The lowest BCUT2D eigenvalue weighted by Gasteiger charge is -2.30. The van der Waals surface area contributed by atoms with E-state index < -0.39 is 18.2 Å². The van der Waals surface area contributed by atoms with E-state index in [-0.39, 0.29) is 0 Å². The molecule has 1 heterocycles. The lowest BCUT2D eigenvalue weighted by Crippen LogP contribution is -2.60. The normalized spacial score (nSPS) is 30.1. The van der Waals surface area contributed by atoms with Crippen molar-refractivity contribution in [1.29, 1.82) is 0 Å². The summed E-state index contributed by atoms with van der Waals surface area (Å²) in [5.74, 6) is -0.874.